The molecule has 1 fully saturated rings. The fourth-order valence-electron chi connectivity index (χ4n) is 1.99. The Balaban J connectivity index is 2.21. The van der Waals surface area contributed by atoms with E-state index in [0.29, 0.717) is 31.9 Å². The van der Waals surface area contributed by atoms with Crippen LogP contribution in [0.3, 0.4) is 0 Å². The molecule has 1 heterocycles. The Morgan fingerprint density at radius 1 is 1.11 bits per heavy atom. The highest BCUT2D eigenvalue weighted by Crippen LogP contribution is 2.34. The van der Waals surface area contributed by atoms with Crippen LogP contribution in [-0.4, -0.2) is 31.1 Å². The SMILES string of the molecule is N#CN1CCN(c2ccc(F)c(C(F)(F)F)c2)CC1. The van der Waals surface area contributed by atoms with Gasteiger partial charge in [0.25, 0.3) is 0 Å². The van der Waals surface area contributed by atoms with Gasteiger partial charge in [0.1, 0.15) is 5.82 Å². The van der Waals surface area contributed by atoms with Gasteiger partial charge in [-0.25, -0.2) is 4.39 Å². The van der Waals surface area contributed by atoms with Crippen molar-refractivity contribution in [3.8, 4) is 6.19 Å². The van der Waals surface area contributed by atoms with E-state index in [4.69, 9.17) is 5.26 Å². The van der Waals surface area contributed by atoms with Gasteiger partial charge in [-0.1, -0.05) is 0 Å². The first kappa shape index (κ1) is 13.5. The van der Waals surface area contributed by atoms with Crippen LogP contribution in [0.15, 0.2) is 18.2 Å². The van der Waals surface area contributed by atoms with Crippen LogP contribution in [-0.2, 0) is 6.18 Å². The van der Waals surface area contributed by atoms with Gasteiger partial charge in [-0.3, -0.25) is 0 Å². The zero-order valence-electron chi connectivity index (χ0n) is 9.91. The van der Waals surface area contributed by atoms with Gasteiger partial charge in [0, 0.05) is 31.9 Å². The average molecular weight is 273 g/mol. The van der Waals surface area contributed by atoms with E-state index < -0.39 is 17.6 Å². The number of halogens is 4. The lowest BCUT2D eigenvalue weighted by atomic mass is 10.1. The maximum absolute atomic E-state index is 13.2. The number of piperazine rings is 1. The lowest BCUT2D eigenvalue weighted by Gasteiger charge is -2.33. The van der Waals surface area contributed by atoms with Crippen LogP contribution in [0.25, 0.3) is 0 Å². The Bertz CT molecular complexity index is 499. The summed E-state index contributed by atoms with van der Waals surface area (Å²) >= 11 is 0. The first-order valence-corrected chi connectivity index (χ1v) is 5.68. The van der Waals surface area contributed by atoms with Gasteiger partial charge in [0.15, 0.2) is 6.19 Å². The largest absolute Gasteiger partial charge is 0.419 e. The fraction of sp³-hybridized carbons (Fsp3) is 0.417. The van der Waals surface area contributed by atoms with Gasteiger partial charge < -0.3 is 9.80 Å². The number of hydrogen-bond acceptors (Lipinski definition) is 3. The maximum Gasteiger partial charge on any atom is 0.419 e. The summed E-state index contributed by atoms with van der Waals surface area (Å²) in [7, 11) is 0. The molecule has 1 aromatic carbocycles. The van der Waals surface area contributed by atoms with Crippen LogP contribution in [0.5, 0.6) is 0 Å². The summed E-state index contributed by atoms with van der Waals surface area (Å²) in [6.45, 7) is 1.79. The van der Waals surface area contributed by atoms with Crippen LogP contribution in [0.2, 0.25) is 0 Å². The monoisotopic (exact) mass is 273 g/mol. The number of nitriles is 1. The molecule has 0 radical (unpaired) electrons. The van der Waals surface area contributed by atoms with Crippen LogP contribution in [0, 0.1) is 17.3 Å². The van der Waals surface area contributed by atoms with Crippen molar-refractivity contribution in [1.29, 1.82) is 5.26 Å². The van der Waals surface area contributed by atoms with E-state index in [0.717, 1.165) is 12.1 Å². The Kier molecular flexibility index (Phi) is 3.51. The van der Waals surface area contributed by atoms with Crippen LogP contribution < -0.4 is 4.90 Å². The highest BCUT2D eigenvalue weighted by molar-refractivity contribution is 5.50. The second kappa shape index (κ2) is 4.96. The van der Waals surface area contributed by atoms with Crippen molar-refractivity contribution in [3.05, 3.63) is 29.6 Å². The highest BCUT2D eigenvalue weighted by Gasteiger charge is 2.34. The molecule has 7 heteroatoms. The summed E-state index contributed by atoms with van der Waals surface area (Å²) in [6, 6.07) is 2.97. The smallest absolute Gasteiger partial charge is 0.368 e. The topological polar surface area (TPSA) is 30.3 Å². The molecule has 0 amide bonds. The van der Waals surface area contributed by atoms with Gasteiger partial charge >= 0.3 is 6.18 Å². The Hall–Kier alpha value is -1.97. The molecule has 1 saturated heterocycles. The van der Waals surface area contributed by atoms with Gasteiger partial charge in [0.05, 0.1) is 5.56 Å². The molecule has 1 aliphatic rings. The molecule has 3 nitrogen and oxygen atoms in total. The zero-order valence-corrected chi connectivity index (χ0v) is 9.91. The zero-order chi connectivity index (χ0) is 14.0. The first-order valence-electron chi connectivity index (χ1n) is 5.68. The number of nitrogens with zero attached hydrogens (tertiary/aromatic N) is 3. The molecule has 0 aliphatic carbocycles. The summed E-state index contributed by atoms with van der Waals surface area (Å²) in [5.74, 6) is -1.27. The lowest BCUT2D eigenvalue weighted by molar-refractivity contribution is -0.139. The van der Waals surface area contributed by atoms with E-state index in [1.807, 2.05) is 6.19 Å². The molecule has 0 spiro atoms. The summed E-state index contributed by atoms with van der Waals surface area (Å²) in [5, 5.41) is 8.69. The molecule has 0 atom stereocenters. The van der Waals surface area contributed by atoms with Crippen molar-refractivity contribution >= 4 is 5.69 Å². The number of anilines is 1. The Labute approximate surface area is 107 Å². The summed E-state index contributed by atoms with van der Waals surface area (Å²) in [5.41, 5.74) is -0.931. The van der Waals surface area contributed by atoms with E-state index in [1.54, 1.807) is 4.90 Å². The summed E-state index contributed by atoms with van der Waals surface area (Å²) < 4.78 is 51.0. The van der Waals surface area contributed by atoms with Crippen molar-refractivity contribution in [2.75, 3.05) is 31.1 Å². The molecule has 1 aliphatic heterocycles. The predicted molar refractivity (Wildman–Crippen MR) is 60.8 cm³/mol. The third kappa shape index (κ3) is 2.89. The second-order valence-corrected chi connectivity index (χ2v) is 4.24. The van der Waals surface area contributed by atoms with Gasteiger partial charge in [-0.15, -0.1) is 0 Å². The number of hydrogen-bond donors (Lipinski definition) is 0. The van der Waals surface area contributed by atoms with Crippen LogP contribution in [0.1, 0.15) is 5.56 Å². The average Bonchev–Trinajstić information content (AvgIpc) is 2.38. The molecule has 1 aromatic rings. The first-order chi connectivity index (χ1) is 8.91. The number of benzene rings is 1. The van der Waals surface area contributed by atoms with Crippen molar-refractivity contribution in [3.63, 3.8) is 0 Å². The van der Waals surface area contributed by atoms with Crippen molar-refractivity contribution in [2.24, 2.45) is 0 Å². The van der Waals surface area contributed by atoms with Crippen molar-refractivity contribution in [2.45, 2.75) is 6.18 Å². The Morgan fingerprint density at radius 3 is 2.26 bits per heavy atom. The third-order valence-electron chi connectivity index (χ3n) is 3.04. The summed E-state index contributed by atoms with van der Waals surface area (Å²) in [6.07, 6.45) is -2.71. The lowest BCUT2D eigenvalue weighted by Crippen LogP contribution is -2.44. The highest BCUT2D eigenvalue weighted by atomic mass is 19.4. The van der Waals surface area contributed by atoms with Crippen molar-refractivity contribution in [1.82, 2.24) is 4.90 Å². The second-order valence-electron chi connectivity index (χ2n) is 4.24. The normalized spacial score (nSPS) is 16.4. The summed E-state index contributed by atoms with van der Waals surface area (Å²) in [4.78, 5) is 3.24. The van der Waals surface area contributed by atoms with Gasteiger partial charge in [-0.05, 0) is 18.2 Å². The predicted octanol–water partition coefficient (Wildman–Crippen LogP) is 2.45. The third-order valence-corrected chi connectivity index (χ3v) is 3.04. The quantitative estimate of drug-likeness (QED) is 0.581. The fourth-order valence-corrected chi connectivity index (χ4v) is 1.99. The van der Waals surface area contributed by atoms with E-state index in [-0.39, 0.29) is 0 Å². The van der Waals surface area contributed by atoms with Gasteiger partial charge in [0.2, 0.25) is 0 Å². The molecular formula is C12H11F4N3. The van der Waals surface area contributed by atoms with Gasteiger partial charge in [-0.2, -0.15) is 18.4 Å². The van der Waals surface area contributed by atoms with Crippen LogP contribution in [0.4, 0.5) is 23.2 Å². The minimum atomic E-state index is -4.70. The molecule has 102 valence electrons. The van der Waals surface area contributed by atoms with Crippen molar-refractivity contribution < 1.29 is 17.6 Å². The maximum atomic E-state index is 13.2. The van der Waals surface area contributed by atoms with E-state index in [9.17, 15) is 17.6 Å². The number of alkyl halides is 3. The molecule has 0 unspecified atom stereocenters. The van der Waals surface area contributed by atoms with Crippen LogP contribution >= 0.6 is 0 Å². The minimum Gasteiger partial charge on any atom is -0.368 e. The molecule has 0 aromatic heterocycles. The standard InChI is InChI=1S/C12H11F4N3/c13-11-2-1-9(7-10(11)12(14,15)16)19-5-3-18(8-17)4-6-19/h1-2,7H,3-6H2. The van der Waals surface area contributed by atoms with E-state index in [1.165, 1.54) is 11.0 Å². The molecule has 0 N–H and O–H groups in total. The minimum absolute atomic E-state index is 0.325. The van der Waals surface area contributed by atoms with E-state index >= 15 is 0 Å². The Morgan fingerprint density at radius 2 is 1.74 bits per heavy atom. The molecule has 0 saturated carbocycles. The molecular weight excluding hydrogens is 262 g/mol. The van der Waals surface area contributed by atoms with E-state index in [2.05, 4.69) is 0 Å². The molecule has 19 heavy (non-hydrogen) atoms. The molecule has 0 bridgehead atoms. The number of rotatable bonds is 1. The molecule has 2 rings (SSSR count).